The van der Waals surface area contributed by atoms with Gasteiger partial charge in [0, 0.05) is 19.8 Å². The number of hydrogen-bond donors (Lipinski definition) is 0. The summed E-state index contributed by atoms with van der Waals surface area (Å²) >= 11 is 1.55. The van der Waals surface area contributed by atoms with Gasteiger partial charge in [0.25, 0.3) is 5.22 Å². The van der Waals surface area contributed by atoms with Crippen LogP contribution in [0, 0.1) is 0 Å². The predicted molar refractivity (Wildman–Crippen MR) is 100 cm³/mol. The van der Waals surface area contributed by atoms with Gasteiger partial charge in [-0.2, -0.15) is 0 Å². The van der Waals surface area contributed by atoms with Crippen LogP contribution in [-0.4, -0.2) is 37.6 Å². The standard InChI is InChI=1S/C18H20N2O3S2/c1-20(2)25(21,22)15-10-11-17-16(13-15)19-18(23-17)24-12-6-9-14-7-4-3-5-8-14/h3-5,7-8,10-11,13H,6,9,12H2,1-2H3. The van der Waals surface area contributed by atoms with E-state index in [0.29, 0.717) is 16.3 Å². The molecule has 0 bridgehead atoms. The van der Waals surface area contributed by atoms with E-state index in [9.17, 15) is 8.42 Å². The van der Waals surface area contributed by atoms with Crippen molar-refractivity contribution in [2.75, 3.05) is 19.8 Å². The molecular weight excluding hydrogens is 356 g/mol. The molecule has 0 spiro atoms. The summed E-state index contributed by atoms with van der Waals surface area (Å²) in [5.74, 6) is 0.893. The average Bonchev–Trinajstić information content (AvgIpc) is 3.01. The van der Waals surface area contributed by atoms with Crippen LogP contribution in [0.4, 0.5) is 0 Å². The van der Waals surface area contributed by atoms with Gasteiger partial charge in [0.2, 0.25) is 10.0 Å². The molecule has 1 aromatic heterocycles. The highest BCUT2D eigenvalue weighted by molar-refractivity contribution is 7.99. The van der Waals surface area contributed by atoms with Gasteiger partial charge in [0.05, 0.1) is 4.90 Å². The molecule has 0 saturated carbocycles. The number of nitrogens with zero attached hydrogens (tertiary/aromatic N) is 2. The molecule has 0 aliphatic heterocycles. The maximum absolute atomic E-state index is 12.2. The summed E-state index contributed by atoms with van der Waals surface area (Å²) in [4.78, 5) is 4.63. The van der Waals surface area contributed by atoms with E-state index in [-0.39, 0.29) is 4.90 Å². The van der Waals surface area contributed by atoms with Gasteiger partial charge in [-0.1, -0.05) is 42.1 Å². The fourth-order valence-corrected chi connectivity index (χ4v) is 4.10. The smallest absolute Gasteiger partial charge is 0.256 e. The number of aromatic nitrogens is 1. The van der Waals surface area contributed by atoms with Crippen molar-refractivity contribution in [3.8, 4) is 0 Å². The molecule has 1 heterocycles. The Morgan fingerprint density at radius 3 is 2.60 bits per heavy atom. The number of benzene rings is 2. The van der Waals surface area contributed by atoms with Crippen LogP contribution in [-0.2, 0) is 16.4 Å². The average molecular weight is 377 g/mol. The molecule has 5 nitrogen and oxygen atoms in total. The van der Waals surface area contributed by atoms with Crippen molar-refractivity contribution in [3.63, 3.8) is 0 Å². The molecule has 3 aromatic rings. The first-order valence-electron chi connectivity index (χ1n) is 7.96. The first kappa shape index (κ1) is 18.0. The van der Waals surface area contributed by atoms with E-state index >= 15 is 0 Å². The summed E-state index contributed by atoms with van der Waals surface area (Å²) in [6, 6.07) is 15.1. The van der Waals surface area contributed by atoms with E-state index in [0.717, 1.165) is 18.6 Å². The third kappa shape index (κ3) is 4.23. The maximum atomic E-state index is 12.2. The molecule has 0 aliphatic rings. The van der Waals surface area contributed by atoms with Gasteiger partial charge in [-0.15, -0.1) is 0 Å². The van der Waals surface area contributed by atoms with Crippen LogP contribution in [0.25, 0.3) is 11.1 Å². The quantitative estimate of drug-likeness (QED) is 0.463. The highest BCUT2D eigenvalue weighted by Crippen LogP contribution is 2.26. The Hall–Kier alpha value is -1.83. The van der Waals surface area contributed by atoms with E-state index in [1.807, 2.05) is 18.2 Å². The summed E-state index contributed by atoms with van der Waals surface area (Å²) in [5.41, 5.74) is 2.48. The van der Waals surface area contributed by atoms with Crippen LogP contribution in [0.5, 0.6) is 0 Å². The van der Waals surface area contributed by atoms with Gasteiger partial charge in [-0.05, 0) is 36.6 Å². The molecule has 0 aliphatic carbocycles. The molecule has 0 fully saturated rings. The van der Waals surface area contributed by atoms with Crippen molar-refractivity contribution >= 4 is 32.9 Å². The lowest BCUT2D eigenvalue weighted by atomic mass is 10.1. The van der Waals surface area contributed by atoms with Gasteiger partial charge < -0.3 is 4.42 Å². The molecule has 25 heavy (non-hydrogen) atoms. The predicted octanol–water partition coefficient (Wildman–Crippen LogP) is 3.80. The van der Waals surface area contributed by atoms with Crippen LogP contribution in [0.2, 0.25) is 0 Å². The number of hydrogen-bond acceptors (Lipinski definition) is 5. The molecule has 0 N–H and O–H groups in total. The molecule has 0 atom stereocenters. The van der Waals surface area contributed by atoms with Crippen LogP contribution in [0.15, 0.2) is 63.1 Å². The molecule has 2 aromatic carbocycles. The monoisotopic (exact) mass is 376 g/mol. The Morgan fingerprint density at radius 2 is 1.88 bits per heavy atom. The Bertz CT molecular complexity index is 951. The van der Waals surface area contributed by atoms with Crippen molar-refractivity contribution in [3.05, 3.63) is 54.1 Å². The van der Waals surface area contributed by atoms with Crippen molar-refractivity contribution in [1.82, 2.24) is 9.29 Å². The minimum Gasteiger partial charge on any atom is -0.431 e. The largest absolute Gasteiger partial charge is 0.431 e. The molecule has 3 rings (SSSR count). The van der Waals surface area contributed by atoms with Crippen LogP contribution in [0.1, 0.15) is 12.0 Å². The van der Waals surface area contributed by atoms with Crippen molar-refractivity contribution in [2.45, 2.75) is 23.0 Å². The number of aryl methyl sites for hydroxylation is 1. The van der Waals surface area contributed by atoms with Crippen molar-refractivity contribution < 1.29 is 12.8 Å². The van der Waals surface area contributed by atoms with E-state index in [4.69, 9.17) is 4.42 Å². The van der Waals surface area contributed by atoms with Crippen LogP contribution >= 0.6 is 11.8 Å². The minimum absolute atomic E-state index is 0.221. The van der Waals surface area contributed by atoms with Crippen molar-refractivity contribution in [2.24, 2.45) is 0 Å². The van der Waals surface area contributed by atoms with E-state index in [1.165, 1.54) is 24.0 Å². The first-order valence-corrected chi connectivity index (χ1v) is 10.4. The highest BCUT2D eigenvalue weighted by Gasteiger charge is 2.18. The second-order valence-corrected chi connectivity index (χ2v) is 9.03. The third-order valence-electron chi connectivity index (χ3n) is 3.80. The molecule has 0 amide bonds. The topological polar surface area (TPSA) is 63.4 Å². The van der Waals surface area contributed by atoms with E-state index < -0.39 is 10.0 Å². The van der Waals surface area contributed by atoms with Gasteiger partial charge in [-0.3, -0.25) is 0 Å². The van der Waals surface area contributed by atoms with E-state index in [1.54, 1.807) is 30.0 Å². The number of thioether (sulfide) groups is 1. The molecule has 0 saturated heterocycles. The summed E-state index contributed by atoms with van der Waals surface area (Å²) in [6.45, 7) is 0. The number of oxazole rings is 1. The van der Waals surface area contributed by atoms with Gasteiger partial charge >= 0.3 is 0 Å². The third-order valence-corrected chi connectivity index (χ3v) is 6.52. The Kier molecular flexibility index (Phi) is 5.46. The number of rotatable bonds is 7. The number of fused-ring (bicyclic) bond motifs is 1. The zero-order valence-electron chi connectivity index (χ0n) is 14.2. The zero-order valence-corrected chi connectivity index (χ0v) is 15.8. The van der Waals surface area contributed by atoms with Gasteiger partial charge in [0.15, 0.2) is 5.58 Å². The summed E-state index contributed by atoms with van der Waals surface area (Å²) in [5, 5.41) is 0.572. The molecule has 0 radical (unpaired) electrons. The lowest BCUT2D eigenvalue weighted by Gasteiger charge is -2.10. The lowest BCUT2D eigenvalue weighted by Crippen LogP contribution is -2.22. The second-order valence-electron chi connectivity index (χ2n) is 5.83. The molecule has 132 valence electrons. The lowest BCUT2D eigenvalue weighted by molar-refractivity contribution is 0.489. The Morgan fingerprint density at radius 1 is 1.12 bits per heavy atom. The molecule has 0 unspecified atom stereocenters. The minimum atomic E-state index is -3.47. The first-order chi connectivity index (χ1) is 12.0. The summed E-state index contributed by atoms with van der Waals surface area (Å²) in [7, 11) is -0.445. The summed E-state index contributed by atoms with van der Waals surface area (Å²) in [6.07, 6.45) is 2.03. The highest BCUT2D eigenvalue weighted by atomic mass is 32.2. The van der Waals surface area contributed by atoms with Gasteiger partial charge in [-0.25, -0.2) is 17.7 Å². The molecular formula is C18H20N2O3S2. The Labute approximate surface area is 152 Å². The normalized spacial score (nSPS) is 12.1. The fraction of sp³-hybridized carbons (Fsp3) is 0.278. The summed E-state index contributed by atoms with van der Waals surface area (Å²) < 4.78 is 31.3. The fourth-order valence-electron chi connectivity index (χ4n) is 2.40. The second kappa shape index (κ2) is 7.59. The van der Waals surface area contributed by atoms with Crippen LogP contribution < -0.4 is 0 Å². The van der Waals surface area contributed by atoms with E-state index in [2.05, 4.69) is 17.1 Å². The van der Waals surface area contributed by atoms with Crippen molar-refractivity contribution in [1.29, 1.82) is 0 Å². The van der Waals surface area contributed by atoms with Crippen LogP contribution in [0.3, 0.4) is 0 Å². The maximum Gasteiger partial charge on any atom is 0.256 e. The Balaban J connectivity index is 1.65. The number of sulfonamides is 1. The molecule has 7 heteroatoms. The van der Waals surface area contributed by atoms with Gasteiger partial charge in [0.1, 0.15) is 5.52 Å². The SMILES string of the molecule is CN(C)S(=O)(=O)c1ccc2oc(SCCCc3ccccc3)nc2c1. The zero-order chi connectivity index (χ0) is 17.9.